The van der Waals surface area contributed by atoms with Crippen molar-refractivity contribution in [2.75, 3.05) is 51.3 Å². The number of benzene rings is 1. The van der Waals surface area contributed by atoms with E-state index >= 15 is 0 Å². The molecule has 1 fully saturated rings. The number of hydrogen-bond donors (Lipinski definition) is 2. The van der Waals surface area contributed by atoms with Crippen LogP contribution in [-0.2, 0) is 4.74 Å². The Morgan fingerprint density at radius 2 is 2.13 bits per heavy atom. The lowest BCUT2D eigenvalue weighted by Gasteiger charge is -2.19. The fraction of sp³-hybridized carbons (Fsp3) is 0.588. The molecule has 0 amide bonds. The number of rotatable bonds is 7. The van der Waals surface area contributed by atoms with Crippen LogP contribution in [0.1, 0.15) is 13.3 Å². The third-order valence-electron chi connectivity index (χ3n) is 4.00. The molecule has 128 valence electrons. The Kier molecular flexibility index (Phi) is 7.68. The van der Waals surface area contributed by atoms with Crippen LogP contribution in [0.4, 0.5) is 5.69 Å². The maximum Gasteiger partial charge on any atom is 0.191 e. The molecule has 0 aromatic heterocycles. The summed E-state index contributed by atoms with van der Waals surface area (Å²) in [5.41, 5.74) is 1.30. The molecule has 1 atom stereocenters. The van der Waals surface area contributed by atoms with Gasteiger partial charge in [-0.05, 0) is 43.5 Å². The van der Waals surface area contributed by atoms with Gasteiger partial charge >= 0.3 is 0 Å². The molecule has 0 aliphatic carbocycles. The van der Waals surface area contributed by atoms with Gasteiger partial charge in [-0.3, -0.25) is 4.99 Å². The van der Waals surface area contributed by atoms with Gasteiger partial charge in [0, 0.05) is 50.0 Å². The van der Waals surface area contributed by atoms with Gasteiger partial charge in [-0.2, -0.15) is 0 Å². The van der Waals surface area contributed by atoms with Gasteiger partial charge in [0.15, 0.2) is 5.96 Å². The van der Waals surface area contributed by atoms with Crippen molar-refractivity contribution in [1.82, 2.24) is 10.6 Å². The summed E-state index contributed by atoms with van der Waals surface area (Å²) in [6.07, 6.45) is 1.21. The quantitative estimate of drug-likeness (QED) is 0.432. The van der Waals surface area contributed by atoms with Crippen LogP contribution in [0.15, 0.2) is 33.7 Å². The summed E-state index contributed by atoms with van der Waals surface area (Å²) in [7, 11) is 1.80. The minimum atomic E-state index is 0.643. The second-order valence-electron chi connectivity index (χ2n) is 5.65. The molecular weight excluding hydrogens is 356 g/mol. The summed E-state index contributed by atoms with van der Waals surface area (Å²) >= 11 is 3.49. The maximum absolute atomic E-state index is 5.32. The van der Waals surface area contributed by atoms with Crippen molar-refractivity contribution in [1.29, 1.82) is 0 Å². The molecule has 0 radical (unpaired) electrons. The first-order valence-corrected chi connectivity index (χ1v) is 9.05. The normalized spacial score (nSPS) is 18.3. The Morgan fingerprint density at radius 3 is 2.83 bits per heavy atom. The van der Waals surface area contributed by atoms with E-state index in [1.54, 1.807) is 7.05 Å². The highest BCUT2D eigenvalue weighted by Gasteiger charge is 2.22. The van der Waals surface area contributed by atoms with Crippen molar-refractivity contribution in [3.63, 3.8) is 0 Å². The van der Waals surface area contributed by atoms with Crippen LogP contribution in [0, 0.1) is 5.92 Å². The van der Waals surface area contributed by atoms with Gasteiger partial charge in [0.05, 0.1) is 6.61 Å². The molecule has 1 saturated heterocycles. The van der Waals surface area contributed by atoms with Crippen LogP contribution in [0.5, 0.6) is 0 Å². The zero-order valence-corrected chi connectivity index (χ0v) is 15.6. The molecule has 5 nitrogen and oxygen atoms in total. The highest BCUT2D eigenvalue weighted by Crippen LogP contribution is 2.24. The first-order valence-electron chi connectivity index (χ1n) is 8.25. The van der Waals surface area contributed by atoms with Crippen LogP contribution in [0.25, 0.3) is 0 Å². The van der Waals surface area contributed by atoms with E-state index in [-0.39, 0.29) is 0 Å². The molecule has 1 aromatic rings. The van der Waals surface area contributed by atoms with Gasteiger partial charge < -0.3 is 20.3 Å². The Bertz CT molecular complexity index is 492. The first-order chi connectivity index (χ1) is 11.2. The Labute approximate surface area is 147 Å². The van der Waals surface area contributed by atoms with Gasteiger partial charge in [0.1, 0.15) is 0 Å². The van der Waals surface area contributed by atoms with E-state index < -0.39 is 0 Å². The van der Waals surface area contributed by atoms with E-state index in [1.807, 2.05) is 6.92 Å². The minimum absolute atomic E-state index is 0.643. The van der Waals surface area contributed by atoms with E-state index in [1.165, 1.54) is 12.1 Å². The number of aliphatic imine (C=N–C) groups is 1. The standard InChI is InChI=1S/C17H27BrN4O/c1-3-23-11-9-20-17(19-2)21-12-14-8-10-22(13-14)16-6-4-15(18)5-7-16/h4-7,14H,3,8-13H2,1-2H3,(H2,19,20,21). The molecule has 1 aromatic carbocycles. The van der Waals surface area contributed by atoms with Crippen molar-refractivity contribution in [3.8, 4) is 0 Å². The molecular formula is C17H27BrN4O. The summed E-state index contributed by atoms with van der Waals surface area (Å²) < 4.78 is 6.45. The molecule has 0 spiro atoms. The number of ether oxygens (including phenoxy) is 1. The lowest BCUT2D eigenvalue weighted by Crippen LogP contribution is -2.41. The summed E-state index contributed by atoms with van der Waals surface area (Å²) in [5, 5.41) is 6.69. The highest BCUT2D eigenvalue weighted by atomic mass is 79.9. The molecule has 1 unspecified atom stereocenters. The SMILES string of the molecule is CCOCCNC(=NC)NCC1CCN(c2ccc(Br)cc2)C1. The zero-order chi connectivity index (χ0) is 16.5. The van der Waals surface area contributed by atoms with Crippen molar-refractivity contribution in [2.45, 2.75) is 13.3 Å². The van der Waals surface area contributed by atoms with Crippen molar-refractivity contribution < 1.29 is 4.74 Å². The molecule has 1 aliphatic rings. The smallest absolute Gasteiger partial charge is 0.191 e. The van der Waals surface area contributed by atoms with Gasteiger partial charge in [-0.1, -0.05) is 15.9 Å². The average Bonchev–Trinajstić information content (AvgIpc) is 3.04. The molecule has 2 N–H and O–H groups in total. The van der Waals surface area contributed by atoms with Crippen LogP contribution < -0.4 is 15.5 Å². The van der Waals surface area contributed by atoms with E-state index in [9.17, 15) is 0 Å². The fourth-order valence-corrected chi connectivity index (χ4v) is 3.00. The topological polar surface area (TPSA) is 48.9 Å². The number of guanidine groups is 1. The van der Waals surface area contributed by atoms with Crippen LogP contribution >= 0.6 is 15.9 Å². The van der Waals surface area contributed by atoms with Gasteiger partial charge in [0.2, 0.25) is 0 Å². The van der Waals surface area contributed by atoms with Crippen molar-refractivity contribution in [2.24, 2.45) is 10.9 Å². The molecule has 0 bridgehead atoms. The highest BCUT2D eigenvalue weighted by molar-refractivity contribution is 9.10. The number of anilines is 1. The van der Waals surface area contributed by atoms with Crippen molar-refractivity contribution in [3.05, 3.63) is 28.7 Å². The largest absolute Gasteiger partial charge is 0.380 e. The van der Waals surface area contributed by atoms with Crippen LogP contribution in [0.2, 0.25) is 0 Å². The van der Waals surface area contributed by atoms with E-state index in [4.69, 9.17) is 4.74 Å². The monoisotopic (exact) mass is 382 g/mol. The van der Waals surface area contributed by atoms with Crippen molar-refractivity contribution >= 4 is 27.6 Å². The second kappa shape index (κ2) is 9.78. The Morgan fingerprint density at radius 1 is 1.35 bits per heavy atom. The van der Waals surface area contributed by atoms with Gasteiger partial charge in [0.25, 0.3) is 0 Å². The third-order valence-corrected chi connectivity index (χ3v) is 4.53. The number of hydrogen-bond acceptors (Lipinski definition) is 3. The van der Waals surface area contributed by atoms with E-state index in [0.717, 1.165) is 43.2 Å². The fourth-order valence-electron chi connectivity index (χ4n) is 2.73. The van der Waals surface area contributed by atoms with Gasteiger partial charge in [-0.15, -0.1) is 0 Å². The van der Waals surface area contributed by atoms with Gasteiger partial charge in [-0.25, -0.2) is 0 Å². The number of nitrogens with one attached hydrogen (secondary N) is 2. The van der Waals surface area contributed by atoms with Crippen LogP contribution in [-0.4, -0.2) is 52.4 Å². The third kappa shape index (κ3) is 6.03. The lowest BCUT2D eigenvalue weighted by molar-refractivity contribution is 0.152. The van der Waals surface area contributed by atoms with E-state index in [0.29, 0.717) is 12.5 Å². The molecule has 2 rings (SSSR count). The molecule has 0 saturated carbocycles. The predicted octanol–water partition coefficient (Wildman–Crippen LogP) is 2.48. The molecule has 23 heavy (non-hydrogen) atoms. The summed E-state index contributed by atoms with van der Waals surface area (Å²) in [6, 6.07) is 8.55. The molecule has 6 heteroatoms. The lowest BCUT2D eigenvalue weighted by atomic mass is 10.1. The molecule has 1 aliphatic heterocycles. The predicted molar refractivity (Wildman–Crippen MR) is 100 cm³/mol. The van der Waals surface area contributed by atoms with E-state index in [2.05, 4.69) is 60.7 Å². The molecule has 1 heterocycles. The summed E-state index contributed by atoms with van der Waals surface area (Å²) in [5.74, 6) is 1.50. The second-order valence-corrected chi connectivity index (χ2v) is 6.57. The minimum Gasteiger partial charge on any atom is -0.380 e. The summed E-state index contributed by atoms with van der Waals surface area (Å²) in [6.45, 7) is 7.39. The summed E-state index contributed by atoms with van der Waals surface area (Å²) in [4.78, 5) is 6.70. The number of halogens is 1. The first kappa shape index (κ1) is 18.1. The maximum atomic E-state index is 5.32. The average molecular weight is 383 g/mol. The number of nitrogens with zero attached hydrogens (tertiary/aromatic N) is 2. The Balaban J connectivity index is 1.71. The zero-order valence-electron chi connectivity index (χ0n) is 14.0. The Hall–Kier alpha value is -1.27. The van der Waals surface area contributed by atoms with Crippen LogP contribution in [0.3, 0.4) is 0 Å².